The van der Waals surface area contributed by atoms with Crippen molar-refractivity contribution < 1.29 is 19.1 Å². The van der Waals surface area contributed by atoms with Gasteiger partial charge < -0.3 is 19.3 Å². The van der Waals surface area contributed by atoms with E-state index in [1.165, 1.54) is 12.8 Å². The fourth-order valence-electron chi connectivity index (χ4n) is 5.75. The van der Waals surface area contributed by atoms with E-state index in [4.69, 9.17) is 9.47 Å². The van der Waals surface area contributed by atoms with Crippen LogP contribution in [0.3, 0.4) is 0 Å². The monoisotopic (exact) mass is 504 g/mol. The number of benzene rings is 1. The third-order valence-electron chi connectivity index (χ3n) is 8.07. The van der Waals surface area contributed by atoms with Gasteiger partial charge in [-0.3, -0.25) is 14.7 Å². The van der Waals surface area contributed by atoms with Crippen LogP contribution in [0.4, 0.5) is 0 Å². The Hall–Kier alpha value is -3.39. The van der Waals surface area contributed by atoms with Gasteiger partial charge in [-0.05, 0) is 49.8 Å². The largest absolute Gasteiger partial charge is 0.496 e. The van der Waals surface area contributed by atoms with Crippen molar-refractivity contribution >= 4 is 11.8 Å². The van der Waals surface area contributed by atoms with E-state index in [1.54, 1.807) is 32.7 Å². The molecule has 3 aliphatic rings. The summed E-state index contributed by atoms with van der Waals surface area (Å²) in [7, 11) is 5.19. The number of nitrogens with one attached hydrogen (secondary N) is 1. The van der Waals surface area contributed by atoms with E-state index in [2.05, 4.69) is 23.2 Å². The standard InChI is InChI=1S/C29H36N4O4/c1-29(11-5-6-21(14-29)27(34)32(2)17-19-7-8-19)26-13-23(36-3)18-33(26)28(35)20-9-10-24(25(12-20)37-4)22-15-30-31-16-22/h5-6,9-12,15-16,19,23,26H,7-8,13-14,17-18H2,1-4H3,(H,30,31)/t23?,26-,29?/m1/s1. The van der Waals surface area contributed by atoms with Crippen LogP contribution >= 0.6 is 0 Å². The van der Waals surface area contributed by atoms with Gasteiger partial charge in [0, 0.05) is 67.2 Å². The molecular weight excluding hydrogens is 468 g/mol. The lowest BCUT2D eigenvalue weighted by Gasteiger charge is -2.40. The molecule has 1 aromatic carbocycles. The maximum Gasteiger partial charge on any atom is 0.254 e. The Morgan fingerprint density at radius 3 is 2.76 bits per heavy atom. The maximum atomic E-state index is 13.9. The summed E-state index contributed by atoms with van der Waals surface area (Å²) in [6.45, 7) is 3.47. The van der Waals surface area contributed by atoms with Gasteiger partial charge in [-0.15, -0.1) is 0 Å². The lowest BCUT2D eigenvalue weighted by molar-refractivity contribution is -0.126. The number of likely N-dealkylation sites (tertiary alicyclic amines) is 1. The first-order valence-electron chi connectivity index (χ1n) is 13.0. The number of H-pyrrole nitrogens is 1. The highest BCUT2D eigenvalue weighted by Crippen LogP contribution is 2.43. The van der Waals surface area contributed by atoms with E-state index in [1.807, 2.05) is 41.1 Å². The summed E-state index contributed by atoms with van der Waals surface area (Å²) in [5.41, 5.74) is 2.73. The van der Waals surface area contributed by atoms with E-state index < -0.39 is 0 Å². The van der Waals surface area contributed by atoms with Gasteiger partial charge in [0.05, 0.1) is 19.4 Å². The van der Waals surface area contributed by atoms with Crippen molar-refractivity contribution in [3.05, 3.63) is 60.0 Å². The van der Waals surface area contributed by atoms with E-state index in [9.17, 15) is 9.59 Å². The van der Waals surface area contributed by atoms with Crippen LogP contribution in [0, 0.1) is 11.3 Å². The maximum absolute atomic E-state index is 13.9. The number of hydrogen-bond donors (Lipinski definition) is 1. The smallest absolute Gasteiger partial charge is 0.254 e. The first-order chi connectivity index (χ1) is 17.8. The zero-order valence-electron chi connectivity index (χ0n) is 22.1. The minimum atomic E-state index is -0.385. The number of allylic oxidation sites excluding steroid dienone is 2. The highest BCUT2D eigenvalue weighted by Gasteiger charge is 2.47. The highest BCUT2D eigenvalue weighted by molar-refractivity contribution is 5.96. The van der Waals surface area contributed by atoms with Crippen LogP contribution in [0.1, 0.15) is 43.0 Å². The van der Waals surface area contributed by atoms with Crippen LogP contribution in [0.2, 0.25) is 0 Å². The molecule has 37 heavy (non-hydrogen) atoms. The molecule has 2 fully saturated rings. The highest BCUT2D eigenvalue weighted by atomic mass is 16.5. The lowest BCUT2D eigenvalue weighted by Crippen LogP contribution is -2.46. The van der Waals surface area contributed by atoms with Crippen molar-refractivity contribution in [3.63, 3.8) is 0 Å². The normalized spacial score (nSPS) is 25.2. The molecule has 8 nitrogen and oxygen atoms in total. The Morgan fingerprint density at radius 1 is 1.27 bits per heavy atom. The van der Waals surface area contributed by atoms with Crippen molar-refractivity contribution in [2.75, 3.05) is 34.4 Å². The second-order valence-electron chi connectivity index (χ2n) is 10.8. The van der Waals surface area contributed by atoms with Gasteiger partial charge in [0.25, 0.3) is 5.91 Å². The second-order valence-corrected chi connectivity index (χ2v) is 10.8. The molecule has 2 aliphatic carbocycles. The van der Waals surface area contributed by atoms with Crippen molar-refractivity contribution in [2.45, 2.75) is 44.8 Å². The Labute approximate surface area is 218 Å². The average Bonchev–Trinajstić information content (AvgIpc) is 3.37. The van der Waals surface area contributed by atoms with Crippen molar-refractivity contribution in [3.8, 4) is 16.9 Å². The molecule has 1 aromatic heterocycles. The minimum absolute atomic E-state index is 0.0612. The molecule has 0 spiro atoms. The van der Waals surface area contributed by atoms with Gasteiger partial charge >= 0.3 is 0 Å². The van der Waals surface area contributed by atoms with E-state index in [0.29, 0.717) is 36.6 Å². The molecule has 1 N–H and O–H groups in total. The Balaban J connectivity index is 1.38. The lowest BCUT2D eigenvalue weighted by atomic mass is 9.72. The molecule has 2 heterocycles. The second kappa shape index (κ2) is 10.2. The minimum Gasteiger partial charge on any atom is -0.496 e. The number of carbonyl (C=O) groups is 2. The first-order valence-corrected chi connectivity index (χ1v) is 13.0. The van der Waals surface area contributed by atoms with Gasteiger partial charge in [-0.1, -0.05) is 25.2 Å². The fraction of sp³-hybridized carbons (Fsp3) is 0.483. The van der Waals surface area contributed by atoms with Gasteiger partial charge in [-0.2, -0.15) is 5.10 Å². The summed E-state index contributed by atoms with van der Waals surface area (Å²) in [6, 6.07) is 5.42. The van der Waals surface area contributed by atoms with Gasteiger partial charge in [0.1, 0.15) is 5.75 Å². The predicted octanol–water partition coefficient (Wildman–Crippen LogP) is 4.08. The molecule has 2 aromatic rings. The number of likely N-dealkylation sites (N-methyl/N-ethyl adjacent to an activating group) is 1. The topological polar surface area (TPSA) is 87.8 Å². The summed E-state index contributed by atoms with van der Waals surface area (Å²) in [6.07, 6.45) is 13.2. The summed E-state index contributed by atoms with van der Waals surface area (Å²) in [5, 5.41) is 6.84. The number of methoxy groups -OCH3 is 2. The molecule has 3 atom stereocenters. The van der Waals surface area contributed by atoms with Crippen LogP contribution in [0.5, 0.6) is 5.75 Å². The Morgan fingerprint density at radius 2 is 2.08 bits per heavy atom. The number of rotatable bonds is 8. The van der Waals surface area contributed by atoms with Crippen LogP contribution in [-0.4, -0.2) is 78.3 Å². The number of aromatic nitrogens is 2. The van der Waals surface area contributed by atoms with Crippen molar-refractivity contribution in [2.24, 2.45) is 11.3 Å². The summed E-state index contributed by atoms with van der Waals surface area (Å²) in [5.74, 6) is 1.28. The third-order valence-corrected chi connectivity index (χ3v) is 8.07. The van der Waals surface area contributed by atoms with Crippen molar-refractivity contribution in [1.82, 2.24) is 20.0 Å². The van der Waals surface area contributed by atoms with E-state index in [-0.39, 0.29) is 29.4 Å². The molecule has 0 bridgehead atoms. The number of hydrogen-bond acceptors (Lipinski definition) is 5. The molecule has 2 unspecified atom stereocenters. The van der Waals surface area contributed by atoms with Crippen LogP contribution < -0.4 is 4.74 Å². The molecule has 196 valence electrons. The number of ether oxygens (including phenoxy) is 2. The predicted molar refractivity (Wildman–Crippen MR) is 141 cm³/mol. The quantitative estimate of drug-likeness (QED) is 0.586. The number of amides is 2. The molecule has 2 amide bonds. The van der Waals surface area contributed by atoms with E-state index >= 15 is 0 Å². The summed E-state index contributed by atoms with van der Waals surface area (Å²) < 4.78 is 11.4. The number of nitrogens with zero attached hydrogens (tertiary/aromatic N) is 3. The zero-order chi connectivity index (χ0) is 26.2. The van der Waals surface area contributed by atoms with Crippen molar-refractivity contribution in [1.29, 1.82) is 0 Å². The Bertz CT molecular complexity index is 1220. The zero-order valence-corrected chi connectivity index (χ0v) is 22.1. The molecule has 1 saturated carbocycles. The summed E-state index contributed by atoms with van der Waals surface area (Å²) >= 11 is 0. The first kappa shape index (κ1) is 25.3. The number of aromatic amines is 1. The SMILES string of the molecule is COc1cc(C(=O)N2CC(OC)C[C@@H]2C2(C)C=CC=C(C(=O)N(C)CC3CC3)C2)ccc1-c1cn[nH]c1. The number of carbonyl (C=O) groups excluding carboxylic acids is 2. The van der Waals surface area contributed by atoms with Crippen LogP contribution in [0.15, 0.2) is 54.4 Å². The molecule has 1 aliphatic heterocycles. The van der Waals surface area contributed by atoms with Gasteiger partial charge in [-0.25, -0.2) is 0 Å². The third kappa shape index (κ3) is 5.07. The molecular formula is C29H36N4O4. The fourth-order valence-corrected chi connectivity index (χ4v) is 5.75. The Kier molecular flexibility index (Phi) is 6.94. The van der Waals surface area contributed by atoms with Crippen LogP contribution in [-0.2, 0) is 9.53 Å². The molecule has 5 rings (SSSR count). The molecule has 0 radical (unpaired) electrons. The van der Waals surface area contributed by atoms with Gasteiger partial charge in [0.2, 0.25) is 5.91 Å². The molecule has 1 saturated heterocycles. The van der Waals surface area contributed by atoms with Crippen LogP contribution in [0.25, 0.3) is 11.1 Å². The summed E-state index contributed by atoms with van der Waals surface area (Å²) in [4.78, 5) is 30.9. The average molecular weight is 505 g/mol. The molecule has 8 heteroatoms. The van der Waals surface area contributed by atoms with Gasteiger partial charge in [0.15, 0.2) is 0 Å². The van der Waals surface area contributed by atoms with E-state index in [0.717, 1.165) is 23.2 Å².